The van der Waals surface area contributed by atoms with Gasteiger partial charge in [-0.15, -0.1) is 0 Å². The molecule has 0 radical (unpaired) electrons. The minimum Gasteiger partial charge on any atom is -0.494 e. The van der Waals surface area contributed by atoms with Crippen LogP contribution in [0.2, 0.25) is 0 Å². The topological polar surface area (TPSA) is 50.7 Å². The molecule has 0 saturated heterocycles. The summed E-state index contributed by atoms with van der Waals surface area (Å²) < 4.78 is 10.4. The fraction of sp³-hybridized carbons (Fsp3) is 0.600. The number of ether oxygens (including phenoxy) is 2. The molecule has 4 heteroatoms. The Labute approximate surface area is 115 Å². The Morgan fingerprint density at radius 3 is 2.63 bits per heavy atom. The second-order valence-electron chi connectivity index (χ2n) is 4.57. The van der Waals surface area contributed by atoms with E-state index in [1.54, 1.807) is 7.11 Å². The Kier molecular flexibility index (Phi) is 8.21. The van der Waals surface area contributed by atoms with Gasteiger partial charge in [-0.2, -0.15) is 0 Å². The lowest BCUT2D eigenvalue weighted by Gasteiger charge is -2.10. The first-order valence-corrected chi connectivity index (χ1v) is 6.85. The number of hydrogen-bond acceptors (Lipinski definition) is 4. The van der Waals surface area contributed by atoms with Crippen molar-refractivity contribution in [3.05, 3.63) is 29.8 Å². The number of methoxy groups -OCH3 is 1. The van der Waals surface area contributed by atoms with Crippen LogP contribution in [0.5, 0.6) is 5.75 Å². The van der Waals surface area contributed by atoms with E-state index in [4.69, 9.17) is 9.47 Å². The number of aliphatic hydroxyl groups excluding tert-OH is 1. The van der Waals surface area contributed by atoms with E-state index >= 15 is 0 Å². The fourth-order valence-electron chi connectivity index (χ4n) is 1.70. The van der Waals surface area contributed by atoms with Crippen molar-refractivity contribution < 1.29 is 14.6 Å². The number of nitrogens with one attached hydrogen (secondary N) is 1. The average molecular weight is 267 g/mol. The Morgan fingerprint density at radius 2 is 2.00 bits per heavy atom. The van der Waals surface area contributed by atoms with Gasteiger partial charge in [-0.25, -0.2) is 0 Å². The molecule has 0 amide bonds. The molecule has 1 rings (SSSR count). The smallest absolute Gasteiger partial charge is 0.119 e. The molecule has 4 nitrogen and oxygen atoms in total. The first-order valence-electron chi connectivity index (χ1n) is 6.85. The highest BCUT2D eigenvalue weighted by Crippen LogP contribution is 2.12. The molecule has 0 aliphatic carbocycles. The van der Waals surface area contributed by atoms with Crippen LogP contribution in [0.25, 0.3) is 0 Å². The van der Waals surface area contributed by atoms with E-state index in [1.165, 1.54) is 5.56 Å². The van der Waals surface area contributed by atoms with Gasteiger partial charge in [-0.1, -0.05) is 19.1 Å². The third-order valence-corrected chi connectivity index (χ3v) is 2.74. The van der Waals surface area contributed by atoms with Gasteiger partial charge in [-0.3, -0.25) is 0 Å². The second kappa shape index (κ2) is 9.78. The van der Waals surface area contributed by atoms with Crippen LogP contribution in [0.15, 0.2) is 24.3 Å². The summed E-state index contributed by atoms with van der Waals surface area (Å²) in [6, 6.07) is 8.10. The standard InChI is InChI=1S/C15H25NO3/c1-3-10-19-15-6-4-13(5-7-15)11-16-9-8-14(17)12-18-2/h4-7,14,16-17H,3,8-12H2,1-2H3. The minimum atomic E-state index is -0.387. The van der Waals surface area contributed by atoms with Crippen LogP contribution in [-0.2, 0) is 11.3 Å². The Morgan fingerprint density at radius 1 is 1.26 bits per heavy atom. The highest BCUT2D eigenvalue weighted by molar-refractivity contribution is 5.27. The first-order chi connectivity index (χ1) is 9.26. The largest absolute Gasteiger partial charge is 0.494 e. The molecule has 0 fully saturated rings. The predicted octanol–water partition coefficient (Wildman–Crippen LogP) is 1.96. The maximum Gasteiger partial charge on any atom is 0.119 e. The molecule has 0 heterocycles. The van der Waals surface area contributed by atoms with Crippen LogP contribution in [0.1, 0.15) is 25.3 Å². The molecule has 1 aromatic rings. The molecule has 2 N–H and O–H groups in total. The number of aliphatic hydroxyl groups is 1. The quantitative estimate of drug-likeness (QED) is 0.636. The summed E-state index contributed by atoms with van der Waals surface area (Å²) in [4.78, 5) is 0. The van der Waals surface area contributed by atoms with Gasteiger partial charge in [0, 0.05) is 13.7 Å². The van der Waals surface area contributed by atoms with Gasteiger partial charge in [0.2, 0.25) is 0 Å². The number of hydrogen-bond donors (Lipinski definition) is 2. The summed E-state index contributed by atoms with van der Waals surface area (Å²) in [6.07, 6.45) is 1.33. The molecule has 1 unspecified atom stereocenters. The van der Waals surface area contributed by atoms with Crippen LogP contribution < -0.4 is 10.1 Å². The summed E-state index contributed by atoms with van der Waals surface area (Å²) in [6.45, 7) is 4.82. The van der Waals surface area contributed by atoms with Crippen LogP contribution in [0.3, 0.4) is 0 Å². The molecule has 108 valence electrons. The van der Waals surface area contributed by atoms with Gasteiger partial charge in [0.1, 0.15) is 5.75 Å². The Bertz CT molecular complexity index is 327. The van der Waals surface area contributed by atoms with Crippen molar-refractivity contribution in [2.45, 2.75) is 32.4 Å². The normalized spacial score (nSPS) is 12.4. The van der Waals surface area contributed by atoms with E-state index in [9.17, 15) is 5.11 Å². The van der Waals surface area contributed by atoms with Crippen molar-refractivity contribution in [2.24, 2.45) is 0 Å². The lowest BCUT2D eigenvalue weighted by Crippen LogP contribution is -2.22. The molecule has 0 spiro atoms. The molecule has 0 bridgehead atoms. The highest BCUT2D eigenvalue weighted by Gasteiger charge is 2.02. The summed E-state index contributed by atoms with van der Waals surface area (Å²) >= 11 is 0. The maximum absolute atomic E-state index is 9.48. The number of rotatable bonds is 10. The SMILES string of the molecule is CCCOc1ccc(CNCCC(O)COC)cc1. The second-order valence-corrected chi connectivity index (χ2v) is 4.57. The van der Waals surface area contributed by atoms with Crippen molar-refractivity contribution in [3.63, 3.8) is 0 Å². The monoisotopic (exact) mass is 267 g/mol. The van der Waals surface area contributed by atoms with E-state index in [0.717, 1.165) is 31.9 Å². The van der Waals surface area contributed by atoms with Crippen molar-refractivity contribution in [1.82, 2.24) is 5.32 Å². The fourth-order valence-corrected chi connectivity index (χ4v) is 1.70. The van der Waals surface area contributed by atoms with Gasteiger partial charge < -0.3 is 19.9 Å². The predicted molar refractivity (Wildman–Crippen MR) is 76.4 cm³/mol. The minimum absolute atomic E-state index is 0.387. The maximum atomic E-state index is 9.48. The third kappa shape index (κ3) is 7.15. The number of benzene rings is 1. The first kappa shape index (κ1) is 16.0. The Hall–Kier alpha value is -1.10. The zero-order chi connectivity index (χ0) is 13.9. The Balaban J connectivity index is 2.19. The van der Waals surface area contributed by atoms with Gasteiger partial charge >= 0.3 is 0 Å². The molecular formula is C15H25NO3. The van der Waals surface area contributed by atoms with Gasteiger partial charge in [0.25, 0.3) is 0 Å². The molecule has 1 atom stereocenters. The van der Waals surface area contributed by atoms with Crippen LogP contribution in [-0.4, -0.2) is 38.1 Å². The molecule has 0 saturated carbocycles. The van der Waals surface area contributed by atoms with E-state index in [0.29, 0.717) is 13.0 Å². The van der Waals surface area contributed by atoms with Gasteiger partial charge in [-0.05, 0) is 37.1 Å². The lowest BCUT2D eigenvalue weighted by atomic mass is 10.2. The average Bonchev–Trinajstić information content (AvgIpc) is 2.43. The molecule has 0 aliphatic rings. The van der Waals surface area contributed by atoms with Crippen LogP contribution >= 0.6 is 0 Å². The molecule has 0 aromatic heterocycles. The molecular weight excluding hydrogens is 242 g/mol. The van der Waals surface area contributed by atoms with E-state index in [-0.39, 0.29) is 6.10 Å². The third-order valence-electron chi connectivity index (χ3n) is 2.74. The van der Waals surface area contributed by atoms with Crippen molar-refractivity contribution in [1.29, 1.82) is 0 Å². The zero-order valence-electron chi connectivity index (χ0n) is 11.9. The van der Waals surface area contributed by atoms with E-state index in [2.05, 4.69) is 24.4 Å². The molecule has 1 aromatic carbocycles. The summed E-state index contributed by atoms with van der Waals surface area (Å²) in [7, 11) is 1.60. The van der Waals surface area contributed by atoms with Crippen molar-refractivity contribution >= 4 is 0 Å². The highest BCUT2D eigenvalue weighted by atomic mass is 16.5. The van der Waals surface area contributed by atoms with Gasteiger partial charge in [0.05, 0.1) is 19.3 Å². The van der Waals surface area contributed by atoms with Crippen LogP contribution in [0, 0.1) is 0 Å². The molecule has 0 aliphatic heterocycles. The lowest BCUT2D eigenvalue weighted by molar-refractivity contribution is 0.0594. The van der Waals surface area contributed by atoms with Crippen molar-refractivity contribution in [3.8, 4) is 5.75 Å². The summed E-state index contributed by atoms with van der Waals surface area (Å²) in [5.74, 6) is 0.918. The van der Waals surface area contributed by atoms with E-state index < -0.39 is 0 Å². The van der Waals surface area contributed by atoms with Crippen LogP contribution in [0.4, 0.5) is 0 Å². The zero-order valence-corrected chi connectivity index (χ0v) is 11.9. The summed E-state index contributed by atoms with van der Waals surface area (Å²) in [5.41, 5.74) is 1.21. The van der Waals surface area contributed by atoms with Crippen molar-refractivity contribution in [2.75, 3.05) is 26.9 Å². The van der Waals surface area contributed by atoms with E-state index in [1.807, 2.05) is 12.1 Å². The molecule has 19 heavy (non-hydrogen) atoms. The van der Waals surface area contributed by atoms with Gasteiger partial charge in [0.15, 0.2) is 0 Å². The summed E-state index contributed by atoms with van der Waals surface area (Å²) in [5, 5.41) is 12.8.